The van der Waals surface area contributed by atoms with Gasteiger partial charge in [0.2, 0.25) is 0 Å². The lowest BCUT2D eigenvalue weighted by molar-refractivity contribution is -0.127. The van der Waals surface area contributed by atoms with E-state index in [4.69, 9.17) is 4.74 Å². The number of aryl methyl sites for hydroxylation is 2. The molecule has 0 saturated heterocycles. The van der Waals surface area contributed by atoms with Crippen molar-refractivity contribution in [1.29, 1.82) is 0 Å². The second-order valence-corrected chi connectivity index (χ2v) is 6.25. The third kappa shape index (κ3) is 4.11. The Morgan fingerprint density at radius 3 is 2.54 bits per heavy atom. The molecule has 0 saturated carbocycles. The summed E-state index contributed by atoms with van der Waals surface area (Å²) < 4.78 is 7.77. The van der Waals surface area contributed by atoms with Gasteiger partial charge >= 0.3 is 0 Å². The molecule has 5 heteroatoms. The molecular formula is C21H23N3O2. The van der Waals surface area contributed by atoms with E-state index in [9.17, 15) is 4.79 Å². The van der Waals surface area contributed by atoms with Crippen molar-refractivity contribution < 1.29 is 9.53 Å². The van der Waals surface area contributed by atoms with E-state index in [-0.39, 0.29) is 5.91 Å². The van der Waals surface area contributed by atoms with Crippen molar-refractivity contribution >= 4 is 5.91 Å². The Bertz CT molecular complexity index is 884. The summed E-state index contributed by atoms with van der Waals surface area (Å²) in [6, 6.07) is 15.7. The molecule has 0 aliphatic rings. The summed E-state index contributed by atoms with van der Waals surface area (Å²) in [6.07, 6.45) is 3.15. The molecule has 26 heavy (non-hydrogen) atoms. The van der Waals surface area contributed by atoms with Crippen molar-refractivity contribution in [3.05, 3.63) is 77.9 Å². The standard InChI is InChI=1S/C21H23N3O2/c1-15-6-4-5-7-20(15)26-16(2)21(25)23-14-18-8-10-19(11-9-18)24-13-12-22-17(24)3/h4-13,16H,14H2,1-3H3,(H,23,25). The molecule has 0 aliphatic carbocycles. The highest BCUT2D eigenvalue weighted by Gasteiger charge is 2.15. The quantitative estimate of drug-likeness (QED) is 0.740. The molecule has 5 nitrogen and oxygen atoms in total. The van der Waals surface area contributed by atoms with Crippen LogP contribution in [0.3, 0.4) is 0 Å². The summed E-state index contributed by atoms with van der Waals surface area (Å²) in [7, 11) is 0. The number of para-hydroxylation sites is 1. The van der Waals surface area contributed by atoms with Crippen LogP contribution in [-0.4, -0.2) is 21.6 Å². The van der Waals surface area contributed by atoms with Gasteiger partial charge in [-0.05, 0) is 50.1 Å². The van der Waals surface area contributed by atoms with E-state index >= 15 is 0 Å². The number of aromatic nitrogens is 2. The van der Waals surface area contributed by atoms with Crippen LogP contribution in [0.4, 0.5) is 0 Å². The van der Waals surface area contributed by atoms with E-state index in [2.05, 4.69) is 10.3 Å². The number of nitrogens with one attached hydrogen (secondary N) is 1. The molecule has 1 heterocycles. The van der Waals surface area contributed by atoms with Crippen LogP contribution in [0.2, 0.25) is 0 Å². The SMILES string of the molecule is Cc1ccccc1OC(C)C(=O)NCc1ccc(-n2ccnc2C)cc1. The van der Waals surface area contributed by atoms with Gasteiger partial charge in [-0.25, -0.2) is 4.98 Å². The van der Waals surface area contributed by atoms with Crippen molar-refractivity contribution in [2.75, 3.05) is 0 Å². The van der Waals surface area contributed by atoms with Gasteiger partial charge in [-0.1, -0.05) is 30.3 Å². The number of carbonyl (C=O) groups is 1. The van der Waals surface area contributed by atoms with E-state index in [0.29, 0.717) is 6.54 Å². The van der Waals surface area contributed by atoms with Gasteiger partial charge in [0.25, 0.3) is 5.91 Å². The average Bonchev–Trinajstić information content (AvgIpc) is 3.08. The van der Waals surface area contributed by atoms with Crippen LogP contribution in [0.1, 0.15) is 23.9 Å². The van der Waals surface area contributed by atoms with E-state index in [1.807, 2.05) is 73.1 Å². The molecule has 2 aromatic carbocycles. The maximum atomic E-state index is 12.3. The molecule has 0 spiro atoms. The number of amides is 1. The molecule has 0 aliphatic heterocycles. The lowest BCUT2D eigenvalue weighted by Crippen LogP contribution is -2.36. The lowest BCUT2D eigenvalue weighted by Gasteiger charge is -2.16. The maximum Gasteiger partial charge on any atom is 0.261 e. The predicted molar refractivity (Wildman–Crippen MR) is 101 cm³/mol. The summed E-state index contributed by atoms with van der Waals surface area (Å²) in [5, 5.41) is 2.92. The van der Waals surface area contributed by atoms with E-state index in [1.54, 1.807) is 13.1 Å². The second-order valence-electron chi connectivity index (χ2n) is 6.25. The zero-order valence-corrected chi connectivity index (χ0v) is 15.3. The van der Waals surface area contributed by atoms with Crippen molar-refractivity contribution in [2.45, 2.75) is 33.4 Å². The largest absolute Gasteiger partial charge is 0.481 e. The highest BCUT2D eigenvalue weighted by molar-refractivity contribution is 5.80. The Labute approximate surface area is 153 Å². The van der Waals surface area contributed by atoms with Gasteiger partial charge in [0.05, 0.1) is 0 Å². The molecule has 0 fully saturated rings. The maximum absolute atomic E-state index is 12.3. The van der Waals surface area contributed by atoms with Crippen LogP contribution >= 0.6 is 0 Å². The smallest absolute Gasteiger partial charge is 0.261 e. The first-order valence-corrected chi connectivity index (χ1v) is 8.64. The number of hydrogen-bond donors (Lipinski definition) is 1. The fraction of sp³-hybridized carbons (Fsp3) is 0.238. The molecule has 1 N–H and O–H groups in total. The first-order chi connectivity index (χ1) is 12.5. The highest BCUT2D eigenvalue weighted by atomic mass is 16.5. The number of ether oxygens (including phenoxy) is 1. The minimum absolute atomic E-state index is 0.136. The number of rotatable bonds is 6. The number of imidazole rings is 1. The Kier molecular flexibility index (Phi) is 5.37. The van der Waals surface area contributed by atoms with Gasteiger partial charge in [0.1, 0.15) is 11.6 Å². The Morgan fingerprint density at radius 1 is 1.15 bits per heavy atom. The third-order valence-electron chi connectivity index (χ3n) is 4.27. The molecule has 1 atom stereocenters. The van der Waals surface area contributed by atoms with Crippen LogP contribution in [0.25, 0.3) is 5.69 Å². The predicted octanol–water partition coefficient (Wildman–Crippen LogP) is 3.57. The highest BCUT2D eigenvalue weighted by Crippen LogP contribution is 2.18. The molecule has 3 rings (SSSR count). The van der Waals surface area contributed by atoms with Crippen molar-refractivity contribution in [1.82, 2.24) is 14.9 Å². The lowest BCUT2D eigenvalue weighted by atomic mass is 10.2. The van der Waals surface area contributed by atoms with Gasteiger partial charge in [-0.3, -0.25) is 4.79 Å². The summed E-state index contributed by atoms with van der Waals surface area (Å²) >= 11 is 0. The van der Waals surface area contributed by atoms with Crippen molar-refractivity contribution in [3.63, 3.8) is 0 Å². The first-order valence-electron chi connectivity index (χ1n) is 8.64. The van der Waals surface area contributed by atoms with Gasteiger partial charge in [0.15, 0.2) is 6.10 Å². The fourth-order valence-corrected chi connectivity index (χ4v) is 2.69. The monoisotopic (exact) mass is 349 g/mol. The Hall–Kier alpha value is -3.08. The molecular weight excluding hydrogens is 326 g/mol. The molecule has 1 aromatic heterocycles. The summed E-state index contributed by atoms with van der Waals surface area (Å²) in [5.41, 5.74) is 3.09. The second kappa shape index (κ2) is 7.87. The van der Waals surface area contributed by atoms with Crippen LogP contribution < -0.4 is 10.1 Å². The van der Waals surface area contributed by atoms with E-state index in [1.165, 1.54) is 0 Å². The van der Waals surface area contributed by atoms with E-state index < -0.39 is 6.10 Å². The molecule has 0 bridgehead atoms. The van der Waals surface area contributed by atoms with Crippen LogP contribution in [0.15, 0.2) is 60.9 Å². The van der Waals surface area contributed by atoms with Crippen molar-refractivity contribution in [2.24, 2.45) is 0 Å². The van der Waals surface area contributed by atoms with Gasteiger partial charge in [0, 0.05) is 24.6 Å². The van der Waals surface area contributed by atoms with Gasteiger partial charge in [-0.2, -0.15) is 0 Å². The minimum Gasteiger partial charge on any atom is -0.481 e. The van der Waals surface area contributed by atoms with Crippen LogP contribution in [-0.2, 0) is 11.3 Å². The average molecular weight is 349 g/mol. The normalized spacial score (nSPS) is 11.8. The Balaban J connectivity index is 1.56. The number of carbonyl (C=O) groups excluding carboxylic acids is 1. The fourth-order valence-electron chi connectivity index (χ4n) is 2.69. The summed E-state index contributed by atoms with van der Waals surface area (Å²) in [4.78, 5) is 16.5. The first kappa shape index (κ1) is 17.7. The van der Waals surface area contributed by atoms with Gasteiger partial charge in [-0.15, -0.1) is 0 Å². The Morgan fingerprint density at radius 2 is 1.88 bits per heavy atom. The summed E-state index contributed by atoms with van der Waals surface area (Å²) in [5.74, 6) is 1.53. The zero-order valence-electron chi connectivity index (χ0n) is 15.3. The topological polar surface area (TPSA) is 56.1 Å². The molecule has 134 valence electrons. The zero-order chi connectivity index (χ0) is 18.5. The third-order valence-corrected chi connectivity index (χ3v) is 4.27. The van der Waals surface area contributed by atoms with E-state index in [0.717, 1.165) is 28.4 Å². The number of hydrogen-bond acceptors (Lipinski definition) is 3. The van der Waals surface area contributed by atoms with Crippen LogP contribution in [0, 0.1) is 13.8 Å². The summed E-state index contributed by atoms with van der Waals surface area (Å²) in [6.45, 7) is 6.14. The van der Waals surface area contributed by atoms with Gasteiger partial charge < -0.3 is 14.6 Å². The van der Waals surface area contributed by atoms with Crippen molar-refractivity contribution in [3.8, 4) is 11.4 Å². The number of nitrogens with zero attached hydrogens (tertiary/aromatic N) is 2. The molecule has 1 amide bonds. The molecule has 1 unspecified atom stereocenters. The minimum atomic E-state index is -0.552. The molecule has 3 aromatic rings. The molecule has 0 radical (unpaired) electrons. The number of benzene rings is 2. The van der Waals surface area contributed by atoms with Crippen LogP contribution in [0.5, 0.6) is 5.75 Å².